The smallest absolute Gasteiger partial charge is 0.449 e. The number of halogens is 2. The summed E-state index contributed by atoms with van der Waals surface area (Å²) >= 11 is 0. The van der Waals surface area contributed by atoms with Crippen molar-refractivity contribution >= 4 is 21.9 Å². The third-order valence-electron chi connectivity index (χ3n) is 3.38. The first-order chi connectivity index (χ1) is 8.14. The molecule has 0 radical (unpaired) electrons. The van der Waals surface area contributed by atoms with E-state index in [2.05, 4.69) is 4.74 Å². The number of esters is 1. The van der Waals surface area contributed by atoms with E-state index in [0.29, 0.717) is 19.3 Å². The Morgan fingerprint density at radius 1 is 1.39 bits per heavy atom. The molecule has 0 aliphatic heterocycles. The molecule has 0 aromatic heterocycles. The molecule has 2 aliphatic carbocycles. The van der Waals surface area contributed by atoms with Crippen molar-refractivity contribution in [3.8, 4) is 0 Å². The SMILES string of the molecule is O=C1C2CCC(C2)C1OC(=O)C(F)(F)S(=O)(=O)O. The lowest BCUT2D eigenvalue weighted by atomic mass is 9.96. The highest BCUT2D eigenvalue weighted by Gasteiger charge is 2.57. The van der Waals surface area contributed by atoms with Crippen molar-refractivity contribution in [2.75, 3.05) is 0 Å². The molecule has 2 rings (SSSR count). The third kappa shape index (κ3) is 1.91. The second kappa shape index (κ2) is 3.95. The van der Waals surface area contributed by atoms with Crippen LogP contribution >= 0.6 is 0 Å². The van der Waals surface area contributed by atoms with Crippen LogP contribution in [0.4, 0.5) is 8.78 Å². The quantitative estimate of drug-likeness (QED) is 0.594. The lowest BCUT2D eigenvalue weighted by Gasteiger charge is -2.22. The molecule has 3 unspecified atom stereocenters. The van der Waals surface area contributed by atoms with E-state index in [-0.39, 0.29) is 11.8 Å². The zero-order chi connectivity index (χ0) is 13.7. The van der Waals surface area contributed by atoms with E-state index in [0.717, 1.165) is 0 Å². The van der Waals surface area contributed by atoms with Crippen molar-refractivity contribution in [3.63, 3.8) is 0 Å². The molecule has 0 aromatic rings. The molecule has 9 heteroatoms. The zero-order valence-electron chi connectivity index (χ0n) is 9.01. The van der Waals surface area contributed by atoms with Gasteiger partial charge in [0.15, 0.2) is 11.9 Å². The van der Waals surface area contributed by atoms with Gasteiger partial charge in [-0.1, -0.05) is 0 Å². The molecule has 2 aliphatic rings. The number of carbonyl (C=O) groups is 2. The lowest BCUT2D eigenvalue weighted by molar-refractivity contribution is -0.172. The van der Waals surface area contributed by atoms with Crippen molar-refractivity contribution in [3.05, 3.63) is 0 Å². The van der Waals surface area contributed by atoms with Crippen molar-refractivity contribution in [2.45, 2.75) is 30.6 Å². The Balaban J connectivity index is 2.12. The topological polar surface area (TPSA) is 97.7 Å². The molecular weight excluding hydrogens is 274 g/mol. The largest absolute Gasteiger partial charge is 0.465 e. The molecule has 2 fully saturated rings. The molecule has 6 nitrogen and oxygen atoms in total. The number of alkyl halides is 2. The monoisotopic (exact) mass is 284 g/mol. The van der Waals surface area contributed by atoms with Gasteiger partial charge in [-0.25, -0.2) is 4.79 Å². The van der Waals surface area contributed by atoms with Crippen LogP contribution in [0, 0.1) is 11.8 Å². The summed E-state index contributed by atoms with van der Waals surface area (Å²) in [6, 6.07) is 0. The summed E-state index contributed by atoms with van der Waals surface area (Å²) in [6.07, 6.45) is 0.357. The molecule has 3 atom stereocenters. The summed E-state index contributed by atoms with van der Waals surface area (Å²) in [5, 5.41) is -5.05. The molecule has 0 amide bonds. The van der Waals surface area contributed by atoms with E-state index < -0.39 is 33.2 Å². The van der Waals surface area contributed by atoms with Gasteiger partial charge < -0.3 is 4.74 Å². The minimum atomic E-state index is -5.89. The average Bonchev–Trinajstić information content (AvgIpc) is 2.80. The van der Waals surface area contributed by atoms with Gasteiger partial charge >= 0.3 is 21.3 Å². The van der Waals surface area contributed by atoms with Crippen LogP contribution in [0.1, 0.15) is 19.3 Å². The van der Waals surface area contributed by atoms with E-state index in [4.69, 9.17) is 4.55 Å². The van der Waals surface area contributed by atoms with Crippen LogP contribution in [0.15, 0.2) is 0 Å². The van der Waals surface area contributed by atoms with Crippen LogP contribution in [0.25, 0.3) is 0 Å². The first kappa shape index (κ1) is 13.3. The number of ketones is 1. The molecule has 0 heterocycles. The van der Waals surface area contributed by atoms with Crippen molar-refractivity contribution < 1.29 is 36.1 Å². The summed E-state index contributed by atoms with van der Waals surface area (Å²) in [7, 11) is -5.89. The fourth-order valence-corrected chi connectivity index (χ4v) is 2.72. The molecule has 0 aromatic carbocycles. The average molecular weight is 284 g/mol. The molecule has 102 valence electrons. The molecule has 2 bridgehead atoms. The number of Topliss-reactive ketones (excluding diaryl/α,β-unsaturated/α-hetero) is 1. The first-order valence-corrected chi connectivity index (χ1v) is 6.68. The van der Waals surface area contributed by atoms with Crippen LogP contribution in [-0.4, -0.2) is 36.1 Å². The van der Waals surface area contributed by atoms with Crippen molar-refractivity contribution in [2.24, 2.45) is 11.8 Å². The van der Waals surface area contributed by atoms with Crippen molar-refractivity contribution in [1.82, 2.24) is 0 Å². The third-order valence-corrected chi connectivity index (χ3v) is 4.19. The molecule has 18 heavy (non-hydrogen) atoms. The van der Waals surface area contributed by atoms with Crippen LogP contribution in [0.2, 0.25) is 0 Å². The van der Waals surface area contributed by atoms with E-state index in [1.807, 2.05) is 0 Å². The second-order valence-electron chi connectivity index (χ2n) is 4.49. The first-order valence-electron chi connectivity index (χ1n) is 5.24. The van der Waals surface area contributed by atoms with Gasteiger partial charge in [0.25, 0.3) is 0 Å². The number of rotatable bonds is 3. The lowest BCUT2D eigenvalue weighted by Crippen LogP contribution is -2.43. The fourth-order valence-electron chi connectivity index (χ4n) is 2.46. The number of fused-ring (bicyclic) bond motifs is 2. The molecule has 1 N–H and O–H groups in total. The predicted octanol–water partition coefficient (Wildman–Crippen LogP) is 0.378. The van der Waals surface area contributed by atoms with Gasteiger partial charge in [0.05, 0.1) is 0 Å². The second-order valence-corrected chi connectivity index (χ2v) is 5.95. The standard InChI is InChI=1S/C9H10F2O6S/c10-9(11,18(14,15)16)8(13)17-7-5-2-1-4(3-5)6(7)12/h4-5,7H,1-3H2,(H,14,15,16). The number of carbonyl (C=O) groups excluding carboxylic acids is 2. The summed E-state index contributed by atoms with van der Waals surface area (Å²) in [5.41, 5.74) is 0. The zero-order valence-corrected chi connectivity index (χ0v) is 9.82. The van der Waals surface area contributed by atoms with Gasteiger partial charge in [-0.15, -0.1) is 0 Å². The highest BCUT2D eigenvalue weighted by atomic mass is 32.2. The Morgan fingerprint density at radius 3 is 2.44 bits per heavy atom. The van der Waals surface area contributed by atoms with E-state index >= 15 is 0 Å². The number of hydrogen-bond acceptors (Lipinski definition) is 5. The molecule has 0 saturated heterocycles. The van der Waals surface area contributed by atoms with Crippen LogP contribution in [0.3, 0.4) is 0 Å². The Hall–Kier alpha value is -1.09. The number of ether oxygens (including phenoxy) is 1. The highest BCUT2D eigenvalue weighted by Crippen LogP contribution is 2.44. The van der Waals surface area contributed by atoms with Crippen LogP contribution < -0.4 is 0 Å². The molecule has 0 spiro atoms. The minimum Gasteiger partial charge on any atom is -0.449 e. The number of hydrogen-bond donors (Lipinski definition) is 1. The van der Waals surface area contributed by atoms with Gasteiger partial charge in [0, 0.05) is 11.8 Å². The summed E-state index contributed by atoms with van der Waals surface area (Å²) < 4.78 is 59.0. The summed E-state index contributed by atoms with van der Waals surface area (Å²) in [5.74, 6) is -3.49. The maximum absolute atomic E-state index is 12.9. The van der Waals surface area contributed by atoms with Gasteiger partial charge in [-0.05, 0) is 19.3 Å². The van der Waals surface area contributed by atoms with Crippen molar-refractivity contribution in [1.29, 1.82) is 0 Å². The fraction of sp³-hybridized carbons (Fsp3) is 0.778. The van der Waals surface area contributed by atoms with Crippen LogP contribution in [-0.2, 0) is 24.4 Å². The molecular formula is C9H10F2O6S. The summed E-state index contributed by atoms with van der Waals surface area (Å²) in [6.45, 7) is 0. The van der Waals surface area contributed by atoms with E-state index in [1.54, 1.807) is 0 Å². The van der Waals surface area contributed by atoms with Gasteiger partial charge in [0.1, 0.15) is 0 Å². The summed E-state index contributed by atoms with van der Waals surface area (Å²) in [4.78, 5) is 22.6. The Kier molecular flexibility index (Phi) is 2.93. The predicted molar refractivity (Wildman–Crippen MR) is 52.2 cm³/mol. The Labute approximate surface area is 101 Å². The van der Waals surface area contributed by atoms with E-state index in [1.165, 1.54) is 0 Å². The Bertz CT molecular complexity index is 499. The highest BCUT2D eigenvalue weighted by molar-refractivity contribution is 7.87. The normalized spacial score (nSPS) is 31.7. The van der Waals surface area contributed by atoms with Crippen LogP contribution in [0.5, 0.6) is 0 Å². The maximum atomic E-state index is 12.9. The molecule has 2 saturated carbocycles. The maximum Gasteiger partial charge on any atom is 0.465 e. The van der Waals surface area contributed by atoms with Gasteiger partial charge in [-0.3, -0.25) is 9.35 Å². The van der Waals surface area contributed by atoms with Gasteiger partial charge in [0.2, 0.25) is 0 Å². The van der Waals surface area contributed by atoms with Gasteiger partial charge in [-0.2, -0.15) is 17.2 Å². The minimum absolute atomic E-state index is 0.299. The Morgan fingerprint density at radius 2 is 2.00 bits per heavy atom. The van der Waals surface area contributed by atoms with E-state index in [9.17, 15) is 26.8 Å².